The zero-order valence-corrected chi connectivity index (χ0v) is 17.2. The van der Waals surface area contributed by atoms with Gasteiger partial charge in [0, 0.05) is 17.1 Å². The summed E-state index contributed by atoms with van der Waals surface area (Å²) in [7, 11) is 0. The summed E-state index contributed by atoms with van der Waals surface area (Å²) in [5.74, 6) is -1.63. The van der Waals surface area contributed by atoms with Crippen LogP contribution in [0.15, 0.2) is 42.5 Å². The predicted octanol–water partition coefficient (Wildman–Crippen LogP) is 5.02. The molecule has 0 saturated carbocycles. The average molecular weight is 443 g/mol. The highest BCUT2D eigenvalue weighted by Crippen LogP contribution is 2.26. The van der Waals surface area contributed by atoms with Crippen molar-refractivity contribution in [3.8, 4) is 0 Å². The fourth-order valence-corrected chi connectivity index (χ4v) is 3.84. The van der Waals surface area contributed by atoms with Gasteiger partial charge in [0.15, 0.2) is 0 Å². The average Bonchev–Trinajstić information content (AvgIpc) is 3.17. The van der Waals surface area contributed by atoms with E-state index in [2.05, 4.69) is 15.5 Å². The number of hydrogen-bond donors (Lipinski definition) is 3. The van der Waals surface area contributed by atoms with Crippen molar-refractivity contribution in [3.63, 3.8) is 0 Å². The number of aromatic amines is 1. The molecular formula is C22H20ClFN4O3. The van der Waals surface area contributed by atoms with Crippen LogP contribution in [0, 0.1) is 5.82 Å². The smallest absolute Gasteiger partial charge is 0.335 e. The standard InChI is InChI=1S/C22H20ClFN4O3/c23-17-11-14(7-10-18(17)24)25-22(31)28(15-8-5-13(6-9-15)21(29)30)12-20-16-3-1-2-4-19(16)26-27-20/h5-11H,1-4,12H2,(H,25,31)(H,26,27)(H,29,30). The number of amides is 2. The van der Waals surface area contributed by atoms with Gasteiger partial charge in [0.2, 0.25) is 0 Å². The lowest BCUT2D eigenvalue weighted by molar-refractivity contribution is 0.0697. The SMILES string of the molecule is O=C(O)c1ccc(N(Cc2n[nH]c3c2CCCC3)C(=O)Nc2ccc(F)c(Cl)c2)cc1. The Morgan fingerprint density at radius 1 is 1.16 bits per heavy atom. The number of nitrogens with one attached hydrogen (secondary N) is 2. The van der Waals surface area contributed by atoms with E-state index >= 15 is 0 Å². The fourth-order valence-electron chi connectivity index (χ4n) is 3.66. The summed E-state index contributed by atoms with van der Waals surface area (Å²) in [4.78, 5) is 25.8. The van der Waals surface area contributed by atoms with Gasteiger partial charge in [-0.25, -0.2) is 14.0 Å². The van der Waals surface area contributed by atoms with E-state index in [-0.39, 0.29) is 17.1 Å². The first-order chi connectivity index (χ1) is 14.9. The number of carboxylic acid groups (broad SMARTS) is 1. The largest absolute Gasteiger partial charge is 0.478 e. The molecule has 0 bridgehead atoms. The summed E-state index contributed by atoms with van der Waals surface area (Å²) >= 11 is 5.83. The number of aromatic nitrogens is 2. The Labute approximate surface area is 182 Å². The first kappa shape index (κ1) is 20.9. The van der Waals surface area contributed by atoms with E-state index in [0.717, 1.165) is 42.6 Å². The van der Waals surface area contributed by atoms with Crippen LogP contribution in [0.5, 0.6) is 0 Å². The van der Waals surface area contributed by atoms with Gasteiger partial charge in [-0.3, -0.25) is 10.00 Å². The maximum atomic E-state index is 13.5. The molecule has 0 saturated heterocycles. The molecule has 0 radical (unpaired) electrons. The summed E-state index contributed by atoms with van der Waals surface area (Å²) in [6, 6.07) is 9.46. The second-order valence-corrected chi connectivity index (χ2v) is 7.74. The topological polar surface area (TPSA) is 98.3 Å². The van der Waals surface area contributed by atoms with Gasteiger partial charge < -0.3 is 10.4 Å². The second-order valence-electron chi connectivity index (χ2n) is 7.33. The number of hydrogen-bond acceptors (Lipinski definition) is 3. The van der Waals surface area contributed by atoms with Crippen LogP contribution in [0.4, 0.5) is 20.6 Å². The molecule has 1 aromatic heterocycles. The lowest BCUT2D eigenvalue weighted by Gasteiger charge is -2.24. The van der Waals surface area contributed by atoms with Crippen LogP contribution in [0.3, 0.4) is 0 Å². The van der Waals surface area contributed by atoms with Crippen molar-refractivity contribution in [1.29, 1.82) is 0 Å². The number of carbonyl (C=O) groups excluding carboxylic acids is 1. The van der Waals surface area contributed by atoms with Crippen molar-refractivity contribution in [2.24, 2.45) is 0 Å². The number of anilines is 2. The Bertz CT molecular complexity index is 1130. The highest BCUT2D eigenvalue weighted by molar-refractivity contribution is 6.31. The van der Waals surface area contributed by atoms with Crippen molar-refractivity contribution in [1.82, 2.24) is 10.2 Å². The first-order valence-electron chi connectivity index (χ1n) is 9.84. The van der Waals surface area contributed by atoms with Crippen molar-refractivity contribution >= 4 is 35.0 Å². The highest BCUT2D eigenvalue weighted by atomic mass is 35.5. The Hall–Kier alpha value is -3.39. The number of fused-ring (bicyclic) bond motifs is 1. The van der Waals surface area contributed by atoms with E-state index < -0.39 is 17.8 Å². The van der Waals surface area contributed by atoms with Crippen LogP contribution in [0.25, 0.3) is 0 Å². The minimum Gasteiger partial charge on any atom is -0.478 e. The molecule has 1 aliphatic carbocycles. The third-order valence-corrected chi connectivity index (χ3v) is 5.58. The number of benzene rings is 2. The van der Waals surface area contributed by atoms with E-state index in [1.165, 1.54) is 35.2 Å². The Balaban J connectivity index is 1.64. The van der Waals surface area contributed by atoms with Crippen molar-refractivity contribution in [2.75, 3.05) is 10.2 Å². The molecule has 1 aliphatic rings. The number of H-pyrrole nitrogens is 1. The first-order valence-corrected chi connectivity index (χ1v) is 10.2. The maximum Gasteiger partial charge on any atom is 0.335 e. The van der Waals surface area contributed by atoms with Crippen molar-refractivity contribution < 1.29 is 19.1 Å². The predicted molar refractivity (Wildman–Crippen MR) is 115 cm³/mol. The van der Waals surface area contributed by atoms with Crippen LogP contribution in [-0.4, -0.2) is 27.3 Å². The monoisotopic (exact) mass is 442 g/mol. The Morgan fingerprint density at radius 3 is 2.61 bits per heavy atom. The van der Waals surface area contributed by atoms with E-state index in [0.29, 0.717) is 11.4 Å². The van der Waals surface area contributed by atoms with Crippen molar-refractivity contribution in [2.45, 2.75) is 32.2 Å². The normalized spacial score (nSPS) is 12.8. The number of rotatable bonds is 5. The van der Waals surface area contributed by atoms with Crippen LogP contribution < -0.4 is 10.2 Å². The van der Waals surface area contributed by atoms with E-state index in [4.69, 9.17) is 16.7 Å². The number of nitrogens with zero attached hydrogens (tertiary/aromatic N) is 2. The van der Waals surface area contributed by atoms with Crippen LogP contribution in [0.2, 0.25) is 5.02 Å². The molecule has 0 aliphatic heterocycles. The molecule has 4 rings (SSSR count). The molecule has 0 unspecified atom stereocenters. The molecule has 0 spiro atoms. The van der Waals surface area contributed by atoms with Gasteiger partial charge in [0.25, 0.3) is 0 Å². The summed E-state index contributed by atoms with van der Waals surface area (Å²) in [5.41, 5.74) is 3.94. The van der Waals surface area contributed by atoms with Gasteiger partial charge in [-0.2, -0.15) is 5.10 Å². The minimum absolute atomic E-state index is 0.100. The van der Waals surface area contributed by atoms with Crippen LogP contribution in [-0.2, 0) is 19.4 Å². The van der Waals surface area contributed by atoms with E-state index in [1.54, 1.807) is 12.1 Å². The summed E-state index contributed by atoms with van der Waals surface area (Å²) in [6.07, 6.45) is 3.98. The van der Waals surface area contributed by atoms with Crippen molar-refractivity contribution in [3.05, 3.63) is 75.8 Å². The quantitative estimate of drug-likeness (QED) is 0.516. The van der Waals surface area contributed by atoms with Gasteiger partial charge in [0.1, 0.15) is 5.82 Å². The summed E-state index contributed by atoms with van der Waals surface area (Å²) < 4.78 is 13.5. The number of aromatic carboxylic acids is 1. The fraction of sp³-hybridized carbons (Fsp3) is 0.227. The number of carbonyl (C=O) groups is 2. The highest BCUT2D eigenvalue weighted by Gasteiger charge is 2.23. The van der Waals surface area contributed by atoms with Gasteiger partial charge in [-0.15, -0.1) is 0 Å². The Kier molecular flexibility index (Phi) is 5.90. The molecule has 160 valence electrons. The van der Waals surface area contributed by atoms with Gasteiger partial charge in [-0.05, 0) is 73.7 Å². The zero-order chi connectivity index (χ0) is 22.0. The van der Waals surface area contributed by atoms with E-state index in [1.807, 2.05) is 0 Å². The molecular weight excluding hydrogens is 423 g/mol. The molecule has 0 fully saturated rings. The molecule has 2 amide bonds. The molecule has 3 N–H and O–H groups in total. The third-order valence-electron chi connectivity index (χ3n) is 5.29. The molecule has 2 aromatic carbocycles. The molecule has 1 heterocycles. The lowest BCUT2D eigenvalue weighted by Crippen LogP contribution is -2.35. The molecule has 7 nitrogen and oxygen atoms in total. The maximum absolute atomic E-state index is 13.5. The zero-order valence-electron chi connectivity index (χ0n) is 16.5. The van der Waals surface area contributed by atoms with Gasteiger partial charge in [-0.1, -0.05) is 11.6 Å². The molecule has 9 heteroatoms. The summed E-state index contributed by atoms with van der Waals surface area (Å²) in [6.45, 7) is 0.193. The van der Waals surface area contributed by atoms with Crippen LogP contribution >= 0.6 is 11.6 Å². The Morgan fingerprint density at radius 2 is 1.90 bits per heavy atom. The van der Waals surface area contributed by atoms with Crippen LogP contribution in [0.1, 0.15) is 40.2 Å². The summed E-state index contributed by atoms with van der Waals surface area (Å²) in [5, 5.41) is 19.3. The number of carboxylic acids is 1. The molecule has 0 atom stereocenters. The number of aryl methyl sites for hydroxylation is 1. The lowest BCUT2D eigenvalue weighted by atomic mass is 9.96. The second kappa shape index (κ2) is 8.77. The number of urea groups is 1. The molecule has 3 aromatic rings. The number of halogens is 2. The van der Waals surface area contributed by atoms with Gasteiger partial charge in [0.05, 0.1) is 22.8 Å². The van der Waals surface area contributed by atoms with Gasteiger partial charge >= 0.3 is 12.0 Å². The van der Waals surface area contributed by atoms with E-state index in [9.17, 15) is 14.0 Å². The minimum atomic E-state index is -1.05. The third kappa shape index (κ3) is 4.54. The molecule has 31 heavy (non-hydrogen) atoms.